The molecule has 94 valence electrons. The first-order chi connectivity index (χ1) is 8.86. The van der Waals surface area contributed by atoms with Gasteiger partial charge >= 0.3 is 0 Å². The maximum Gasteiger partial charge on any atom is 0.0726 e. The van der Waals surface area contributed by atoms with Crippen molar-refractivity contribution in [2.45, 2.75) is 5.33 Å². The van der Waals surface area contributed by atoms with Crippen molar-refractivity contribution in [2.75, 3.05) is 31.1 Å². The molecule has 1 aliphatic heterocycles. The van der Waals surface area contributed by atoms with Crippen LogP contribution in [0.2, 0.25) is 0 Å². The smallest absolute Gasteiger partial charge is 0.0726 e. The molecule has 0 saturated carbocycles. The van der Waals surface area contributed by atoms with Crippen molar-refractivity contribution >= 4 is 32.5 Å². The number of rotatable bonds is 2. The van der Waals surface area contributed by atoms with Crippen LogP contribution in [0.15, 0.2) is 30.3 Å². The van der Waals surface area contributed by atoms with Crippen LogP contribution >= 0.6 is 15.9 Å². The van der Waals surface area contributed by atoms with Crippen LogP contribution in [0.3, 0.4) is 0 Å². The summed E-state index contributed by atoms with van der Waals surface area (Å²) in [7, 11) is 0. The highest BCUT2D eigenvalue weighted by Gasteiger charge is 2.10. The molecule has 1 N–H and O–H groups in total. The molecule has 18 heavy (non-hydrogen) atoms. The van der Waals surface area contributed by atoms with E-state index in [4.69, 9.17) is 0 Å². The third-order valence-electron chi connectivity index (χ3n) is 3.35. The predicted molar refractivity (Wildman–Crippen MR) is 79.5 cm³/mol. The maximum absolute atomic E-state index is 4.66. The standard InChI is InChI=1S/C14H16BrN3/c15-10-12-3-1-11-2-4-13(9-14(11)17-12)18-7-5-16-6-8-18/h1-4,9,16H,5-8,10H2. The number of nitrogens with one attached hydrogen (secondary N) is 1. The largest absolute Gasteiger partial charge is 0.369 e. The molecule has 0 unspecified atom stereocenters. The molecule has 0 amide bonds. The number of nitrogens with zero attached hydrogens (tertiary/aromatic N) is 2. The van der Waals surface area contributed by atoms with Crippen LogP contribution in [0.1, 0.15) is 5.69 Å². The molecular weight excluding hydrogens is 290 g/mol. The molecule has 0 spiro atoms. The van der Waals surface area contributed by atoms with Crippen molar-refractivity contribution in [3.05, 3.63) is 36.0 Å². The van der Waals surface area contributed by atoms with Gasteiger partial charge < -0.3 is 10.2 Å². The van der Waals surface area contributed by atoms with Gasteiger partial charge in [0.1, 0.15) is 0 Å². The number of anilines is 1. The van der Waals surface area contributed by atoms with Crippen molar-refractivity contribution in [3.8, 4) is 0 Å². The lowest BCUT2D eigenvalue weighted by Gasteiger charge is -2.29. The van der Waals surface area contributed by atoms with E-state index in [0.717, 1.165) is 42.7 Å². The van der Waals surface area contributed by atoms with Gasteiger partial charge in [0.2, 0.25) is 0 Å². The Balaban J connectivity index is 1.97. The minimum atomic E-state index is 0.806. The Bertz CT molecular complexity index is 550. The van der Waals surface area contributed by atoms with Gasteiger partial charge in [-0.15, -0.1) is 0 Å². The Labute approximate surface area is 115 Å². The van der Waals surface area contributed by atoms with Crippen molar-refractivity contribution < 1.29 is 0 Å². The molecule has 3 nitrogen and oxygen atoms in total. The molecule has 0 radical (unpaired) electrons. The molecule has 0 bridgehead atoms. The monoisotopic (exact) mass is 305 g/mol. The second kappa shape index (κ2) is 5.24. The SMILES string of the molecule is BrCc1ccc2ccc(N3CCNCC3)cc2n1. The first-order valence-corrected chi connectivity index (χ1v) is 7.40. The fraction of sp³-hybridized carbons (Fsp3) is 0.357. The summed E-state index contributed by atoms with van der Waals surface area (Å²) in [5.41, 5.74) is 3.45. The normalized spacial score (nSPS) is 16.2. The van der Waals surface area contributed by atoms with Gasteiger partial charge in [0.15, 0.2) is 0 Å². The summed E-state index contributed by atoms with van der Waals surface area (Å²) >= 11 is 3.46. The maximum atomic E-state index is 4.66. The topological polar surface area (TPSA) is 28.2 Å². The van der Waals surface area contributed by atoms with E-state index in [2.05, 4.69) is 61.5 Å². The molecule has 1 fully saturated rings. The van der Waals surface area contributed by atoms with Crippen molar-refractivity contribution in [1.29, 1.82) is 0 Å². The number of halogens is 1. The zero-order valence-electron chi connectivity index (χ0n) is 10.2. The van der Waals surface area contributed by atoms with Gasteiger partial charge in [-0.3, -0.25) is 4.98 Å². The summed E-state index contributed by atoms with van der Waals surface area (Å²) in [6, 6.07) is 10.8. The van der Waals surface area contributed by atoms with E-state index in [1.54, 1.807) is 0 Å². The Morgan fingerprint density at radius 2 is 1.94 bits per heavy atom. The zero-order valence-corrected chi connectivity index (χ0v) is 11.8. The van der Waals surface area contributed by atoms with E-state index < -0.39 is 0 Å². The third-order valence-corrected chi connectivity index (χ3v) is 3.93. The van der Waals surface area contributed by atoms with Crippen molar-refractivity contribution in [3.63, 3.8) is 0 Å². The minimum absolute atomic E-state index is 0.806. The summed E-state index contributed by atoms with van der Waals surface area (Å²) in [5.74, 6) is 0. The van der Waals surface area contributed by atoms with Crippen LogP contribution in [-0.2, 0) is 5.33 Å². The van der Waals surface area contributed by atoms with E-state index in [9.17, 15) is 0 Å². The van der Waals surface area contributed by atoms with Crippen molar-refractivity contribution in [2.24, 2.45) is 0 Å². The summed E-state index contributed by atoms with van der Waals surface area (Å²) in [6.45, 7) is 4.27. The molecule has 0 aliphatic carbocycles. The molecule has 1 aromatic heterocycles. The van der Waals surface area contributed by atoms with Crippen molar-refractivity contribution in [1.82, 2.24) is 10.3 Å². The Kier molecular flexibility index (Phi) is 3.48. The van der Waals surface area contributed by atoms with Crippen LogP contribution in [0.25, 0.3) is 10.9 Å². The summed E-state index contributed by atoms with van der Waals surface area (Å²) in [5, 5.41) is 5.39. The molecular formula is C14H16BrN3. The summed E-state index contributed by atoms with van der Waals surface area (Å²) in [4.78, 5) is 7.08. The highest BCUT2D eigenvalue weighted by Crippen LogP contribution is 2.22. The second-order valence-electron chi connectivity index (χ2n) is 4.55. The van der Waals surface area contributed by atoms with E-state index >= 15 is 0 Å². The fourth-order valence-electron chi connectivity index (χ4n) is 2.34. The summed E-state index contributed by atoms with van der Waals surface area (Å²) in [6.07, 6.45) is 0. The lowest BCUT2D eigenvalue weighted by Crippen LogP contribution is -2.43. The molecule has 1 saturated heterocycles. The molecule has 1 aliphatic rings. The lowest BCUT2D eigenvalue weighted by atomic mass is 10.1. The number of aromatic nitrogens is 1. The van der Waals surface area contributed by atoms with Gasteiger partial charge in [0.05, 0.1) is 11.2 Å². The first-order valence-electron chi connectivity index (χ1n) is 6.28. The number of piperazine rings is 1. The first kappa shape index (κ1) is 11.9. The minimum Gasteiger partial charge on any atom is -0.369 e. The molecule has 0 atom stereocenters. The van der Waals surface area contributed by atoms with E-state index in [1.165, 1.54) is 11.1 Å². The highest BCUT2D eigenvalue weighted by molar-refractivity contribution is 9.08. The number of hydrogen-bond acceptors (Lipinski definition) is 3. The van der Waals surface area contributed by atoms with Crippen LogP contribution < -0.4 is 10.2 Å². The van der Waals surface area contributed by atoms with Gasteiger partial charge in [-0.05, 0) is 18.2 Å². The van der Waals surface area contributed by atoms with Gasteiger partial charge in [-0.25, -0.2) is 0 Å². The van der Waals surface area contributed by atoms with Crippen LogP contribution in [-0.4, -0.2) is 31.2 Å². The highest BCUT2D eigenvalue weighted by atomic mass is 79.9. The zero-order chi connectivity index (χ0) is 12.4. The van der Waals surface area contributed by atoms with E-state index in [0.29, 0.717) is 0 Å². The van der Waals surface area contributed by atoms with Gasteiger partial charge in [0, 0.05) is 42.6 Å². The number of hydrogen-bond donors (Lipinski definition) is 1. The number of fused-ring (bicyclic) bond motifs is 1. The number of pyridine rings is 1. The van der Waals surface area contributed by atoms with E-state index in [1.807, 2.05) is 0 Å². The van der Waals surface area contributed by atoms with Gasteiger partial charge in [-0.2, -0.15) is 0 Å². The fourth-order valence-corrected chi connectivity index (χ4v) is 2.65. The lowest BCUT2D eigenvalue weighted by molar-refractivity contribution is 0.589. The predicted octanol–water partition coefficient (Wildman–Crippen LogP) is 2.54. The molecule has 4 heteroatoms. The average molecular weight is 306 g/mol. The molecule has 1 aromatic carbocycles. The van der Waals surface area contributed by atoms with Gasteiger partial charge in [0.25, 0.3) is 0 Å². The average Bonchev–Trinajstić information content (AvgIpc) is 2.47. The van der Waals surface area contributed by atoms with E-state index in [-0.39, 0.29) is 0 Å². The van der Waals surface area contributed by atoms with Crippen LogP contribution in [0.4, 0.5) is 5.69 Å². The molecule has 3 rings (SSSR count). The Morgan fingerprint density at radius 3 is 2.72 bits per heavy atom. The Morgan fingerprint density at radius 1 is 1.17 bits per heavy atom. The summed E-state index contributed by atoms with van der Waals surface area (Å²) < 4.78 is 0. The third kappa shape index (κ3) is 2.35. The number of benzene rings is 1. The molecule has 2 heterocycles. The van der Waals surface area contributed by atoms with Gasteiger partial charge in [-0.1, -0.05) is 28.1 Å². The quantitative estimate of drug-likeness (QED) is 0.864. The van der Waals surface area contributed by atoms with Crippen LogP contribution in [0, 0.1) is 0 Å². The Hall–Kier alpha value is -1.13. The number of alkyl halides is 1. The van der Waals surface area contributed by atoms with Crippen LogP contribution in [0.5, 0.6) is 0 Å². The molecule has 2 aromatic rings. The second-order valence-corrected chi connectivity index (χ2v) is 5.11.